The standard InChI is InChI=1S/C24H27FN4O/c1-16-7-8-20-17(2)27-24(28-22(20)15-16)29-13-10-19(11-14-29)23(30)26-12-9-18-5-3-4-6-21(18)25/h3-8,15,19H,9-14H2,1-2H3,(H,26,30). The molecule has 0 unspecified atom stereocenters. The predicted octanol–water partition coefficient (Wildman–Crippen LogP) is 3.96. The van der Waals surface area contributed by atoms with Crippen molar-refractivity contribution in [3.05, 3.63) is 65.1 Å². The van der Waals surface area contributed by atoms with Gasteiger partial charge in [-0.05, 0) is 56.4 Å². The van der Waals surface area contributed by atoms with Crippen molar-refractivity contribution in [3.63, 3.8) is 0 Å². The summed E-state index contributed by atoms with van der Waals surface area (Å²) in [6.45, 7) is 6.03. The summed E-state index contributed by atoms with van der Waals surface area (Å²) in [6.07, 6.45) is 2.03. The normalized spacial score (nSPS) is 14.8. The fourth-order valence-corrected chi connectivity index (χ4v) is 4.03. The highest BCUT2D eigenvalue weighted by atomic mass is 19.1. The maximum absolute atomic E-state index is 13.7. The number of anilines is 1. The lowest BCUT2D eigenvalue weighted by molar-refractivity contribution is -0.125. The molecule has 1 amide bonds. The number of aromatic nitrogens is 2. The van der Waals surface area contributed by atoms with E-state index < -0.39 is 0 Å². The van der Waals surface area contributed by atoms with Crippen molar-refractivity contribution in [2.45, 2.75) is 33.1 Å². The quantitative estimate of drug-likeness (QED) is 0.697. The van der Waals surface area contributed by atoms with Crippen molar-refractivity contribution in [2.75, 3.05) is 24.5 Å². The number of rotatable bonds is 5. The number of nitrogens with zero attached hydrogens (tertiary/aromatic N) is 3. The van der Waals surface area contributed by atoms with Gasteiger partial charge >= 0.3 is 0 Å². The Morgan fingerprint density at radius 2 is 1.90 bits per heavy atom. The molecule has 1 aliphatic heterocycles. The summed E-state index contributed by atoms with van der Waals surface area (Å²) in [5.41, 5.74) is 3.75. The smallest absolute Gasteiger partial charge is 0.226 e. The first kappa shape index (κ1) is 20.3. The highest BCUT2D eigenvalue weighted by Crippen LogP contribution is 2.24. The van der Waals surface area contributed by atoms with Gasteiger partial charge in [-0.25, -0.2) is 14.4 Å². The summed E-state index contributed by atoms with van der Waals surface area (Å²) in [5.74, 6) is 0.549. The number of hydrogen-bond donors (Lipinski definition) is 1. The molecule has 0 radical (unpaired) electrons. The fourth-order valence-electron chi connectivity index (χ4n) is 4.03. The van der Waals surface area contributed by atoms with Gasteiger partial charge in [-0.2, -0.15) is 0 Å². The Hall–Kier alpha value is -3.02. The molecule has 4 rings (SSSR count). The molecule has 156 valence electrons. The van der Waals surface area contributed by atoms with E-state index in [1.807, 2.05) is 13.0 Å². The minimum atomic E-state index is -0.221. The van der Waals surface area contributed by atoms with Crippen LogP contribution in [0.4, 0.5) is 10.3 Å². The van der Waals surface area contributed by atoms with Crippen molar-refractivity contribution >= 4 is 22.8 Å². The zero-order valence-corrected chi connectivity index (χ0v) is 17.5. The average molecular weight is 407 g/mol. The minimum absolute atomic E-state index is 0.0225. The highest BCUT2D eigenvalue weighted by Gasteiger charge is 2.26. The maximum Gasteiger partial charge on any atom is 0.226 e. The number of halogens is 1. The first-order chi connectivity index (χ1) is 14.5. The van der Waals surface area contributed by atoms with Crippen LogP contribution in [0.2, 0.25) is 0 Å². The number of aryl methyl sites for hydroxylation is 2. The van der Waals surface area contributed by atoms with E-state index in [1.165, 1.54) is 11.6 Å². The lowest BCUT2D eigenvalue weighted by Crippen LogP contribution is -2.41. The van der Waals surface area contributed by atoms with E-state index >= 15 is 0 Å². The predicted molar refractivity (Wildman–Crippen MR) is 117 cm³/mol. The van der Waals surface area contributed by atoms with Gasteiger partial charge in [-0.3, -0.25) is 4.79 Å². The van der Waals surface area contributed by atoms with Crippen LogP contribution in [-0.2, 0) is 11.2 Å². The van der Waals surface area contributed by atoms with Crippen LogP contribution < -0.4 is 10.2 Å². The van der Waals surface area contributed by atoms with Crippen LogP contribution in [0.5, 0.6) is 0 Å². The molecule has 0 saturated carbocycles. The number of fused-ring (bicyclic) bond motifs is 1. The van der Waals surface area contributed by atoms with Crippen LogP contribution in [0.3, 0.4) is 0 Å². The Labute approximate surface area is 176 Å². The second-order valence-electron chi connectivity index (χ2n) is 8.02. The molecule has 0 aliphatic carbocycles. The van der Waals surface area contributed by atoms with Gasteiger partial charge in [0, 0.05) is 30.9 Å². The fraction of sp³-hybridized carbons (Fsp3) is 0.375. The van der Waals surface area contributed by atoms with Crippen LogP contribution in [0.15, 0.2) is 42.5 Å². The topological polar surface area (TPSA) is 58.1 Å². The van der Waals surface area contributed by atoms with Crippen LogP contribution in [0.25, 0.3) is 10.9 Å². The zero-order chi connectivity index (χ0) is 21.1. The average Bonchev–Trinajstić information content (AvgIpc) is 2.74. The number of carbonyl (C=O) groups is 1. The number of hydrogen-bond acceptors (Lipinski definition) is 4. The van der Waals surface area contributed by atoms with E-state index in [4.69, 9.17) is 9.97 Å². The molecule has 0 bridgehead atoms. The van der Waals surface area contributed by atoms with E-state index in [-0.39, 0.29) is 17.6 Å². The minimum Gasteiger partial charge on any atom is -0.356 e. The summed E-state index contributed by atoms with van der Waals surface area (Å²) in [5, 5.41) is 4.04. The third-order valence-electron chi connectivity index (χ3n) is 5.83. The molecule has 0 spiro atoms. The van der Waals surface area contributed by atoms with Crippen molar-refractivity contribution in [3.8, 4) is 0 Å². The Morgan fingerprint density at radius 1 is 1.13 bits per heavy atom. The van der Waals surface area contributed by atoms with E-state index in [0.717, 1.165) is 48.5 Å². The number of benzene rings is 2. The number of piperidine rings is 1. The van der Waals surface area contributed by atoms with Crippen LogP contribution in [0, 0.1) is 25.6 Å². The first-order valence-corrected chi connectivity index (χ1v) is 10.5. The Kier molecular flexibility index (Phi) is 5.93. The van der Waals surface area contributed by atoms with Crippen LogP contribution in [-0.4, -0.2) is 35.5 Å². The van der Waals surface area contributed by atoms with Crippen molar-refractivity contribution in [1.82, 2.24) is 15.3 Å². The van der Waals surface area contributed by atoms with Gasteiger partial charge in [-0.1, -0.05) is 30.3 Å². The van der Waals surface area contributed by atoms with Gasteiger partial charge < -0.3 is 10.2 Å². The van der Waals surface area contributed by atoms with Gasteiger partial charge in [-0.15, -0.1) is 0 Å². The number of nitrogens with one attached hydrogen (secondary N) is 1. The highest BCUT2D eigenvalue weighted by molar-refractivity contribution is 5.82. The monoisotopic (exact) mass is 406 g/mol. The molecule has 5 nitrogen and oxygen atoms in total. The molecule has 6 heteroatoms. The van der Waals surface area contributed by atoms with Crippen molar-refractivity contribution in [1.29, 1.82) is 0 Å². The van der Waals surface area contributed by atoms with E-state index in [1.54, 1.807) is 12.1 Å². The Bertz CT molecular complexity index is 1060. The summed E-state index contributed by atoms with van der Waals surface area (Å²) < 4.78 is 13.7. The van der Waals surface area contributed by atoms with Crippen molar-refractivity contribution in [2.24, 2.45) is 5.92 Å². The van der Waals surface area contributed by atoms with E-state index in [2.05, 4.69) is 35.3 Å². The Balaban J connectivity index is 1.33. The zero-order valence-electron chi connectivity index (χ0n) is 17.5. The molecule has 3 aromatic rings. The SMILES string of the molecule is Cc1ccc2c(C)nc(N3CCC(C(=O)NCCc4ccccc4F)CC3)nc2c1. The molecule has 2 heterocycles. The third-order valence-corrected chi connectivity index (χ3v) is 5.83. The molecule has 2 aromatic carbocycles. The molecule has 0 atom stereocenters. The van der Waals surface area contributed by atoms with Gasteiger partial charge in [0.25, 0.3) is 0 Å². The Morgan fingerprint density at radius 3 is 2.67 bits per heavy atom. The van der Waals surface area contributed by atoms with Crippen LogP contribution >= 0.6 is 0 Å². The molecular formula is C24H27FN4O. The lowest BCUT2D eigenvalue weighted by atomic mass is 9.96. The van der Waals surface area contributed by atoms with Gasteiger partial charge in [0.05, 0.1) is 11.2 Å². The van der Waals surface area contributed by atoms with E-state index in [9.17, 15) is 9.18 Å². The molecule has 30 heavy (non-hydrogen) atoms. The largest absolute Gasteiger partial charge is 0.356 e. The summed E-state index contributed by atoms with van der Waals surface area (Å²) in [7, 11) is 0. The number of amides is 1. The molecule has 1 fully saturated rings. The summed E-state index contributed by atoms with van der Waals surface area (Å²) in [6, 6.07) is 12.9. The number of carbonyl (C=O) groups excluding carboxylic acids is 1. The lowest BCUT2D eigenvalue weighted by Gasteiger charge is -2.31. The molecule has 1 N–H and O–H groups in total. The second kappa shape index (κ2) is 8.78. The van der Waals surface area contributed by atoms with Crippen LogP contribution in [0.1, 0.15) is 29.7 Å². The summed E-state index contributed by atoms with van der Waals surface area (Å²) in [4.78, 5) is 24.1. The first-order valence-electron chi connectivity index (χ1n) is 10.5. The second-order valence-corrected chi connectivity index (χ2v) is 8.02. The molecule has 1 aromatic heterocycles. The van der Waals surface area contributed by atoms with Gasteiger partial charge in [0.15, 0.2) is 0 Å². The molecule has 1 aliphatic rings. The summed E-state index contributed by atoms with van der Waals surface area (Å²) >= 11 is 0. The van der Waals surface area contributed by atoms with E-state index in [0.29, 0.717) is 18.5 Å². The molecular weight excluding hydrogens is 379 g/mol. The van der Waals surface area contributed by atoms with Crippen molar-refractivity contribution < 1.29 is 9.18 Å². The van der Waals surface area contributed by atoms with Gasteiger partial charge in [0.2, 0.25) is 11.9 Å². The molecule has 1 saturated heterocycles. The van der Waals surface area contributed by atoms with Gasteiger partial charge in [0.1, 0.15) is 5.82 Å². The maximum atomic E-state index is 13.7. The third kappa shape index (κ3) is 4.42.